The lowest BCUT2D eigenvalue weighted by molar-refractivity contribution is 0.0918. The highest BCUT2D eigenvalue weighted by molar-refractivity contribution is 6.31. The van der Waals surface area contributed by atoms with Crippen LogP contribution in [-0.4, -0.2) is 25.4 Å². The van der Waals surface area contributed by atoms with Crippen LogP contribution in [0.25, 0.3) is 22.3 Å². The molecule has 1 aromatic carbocycles. The zero-order valence-corrected chi connectivity index (χ0v) is 12.3. The number of nitrogens with zero attached hydrogens (tertiary/aromatic N) is 4. The summed E-state index contributed by atoms with van der Waals surface area (Å²) in [4.78, 5) is 25.6. The summed E-state index contributed by atoms with van der Waals surface area (Å²) in [6.07, 6.45) is 2.43. The van der Waals surface area contributed by atoms with E-state index in [9.17, 15) is 4.79 Å². The molecule has 0 saturated heterocycles. The molecule has 3 aromatic rings. The Labute approximate surface area is 126 Å². The minimum Gasteiger partial charge on any atom is -0.274 e. The third-order valence-corrected chi connectivity index (χ3v) is 3.41. The van der Waals surface area contributed by atoms with Gasteiger partial charge >= 0.3 is 0 Å². The number of carbonyl (C=O) groups is 1. The monoisotopic (exact) mass is 300 g/mol. The van der Waals surface area contributed by atoms with Crippen molar-refractivity contribution in [2.75, 3.05) is 0 Å². The van der Waals surface area contributed by atoms with Crippen molar-refractivity contribution >= 4 is 39.8 Å². The first-order valence-electron chi connectivity index (χ1n) is 6.62. The maximum Gasteiger partial charge on any atom is 0.237 e. The molecule has 0 N–H and O–H groups in total. The normalized spacial score (nSPS) is 11.1. The van der Waals surface area contributed by atoms with Gasteiger partial charge in [0.1, 0.15) is 5.82 Å². The lowest BCUT2D eigenvalue weighted by Crippen LogP contribution is -2.13. The van der Waals surface area contributed by atoms with E-state index in [0.29, 0.717) is 39.6 Å². The van der Waals surface area contributed by atoms with Gasteiger partial charge < -0.3 is 0 Å². The first kappa shape index (κ1) is 13.7. The molecule has 2 heterocycles. The number of aromatic nitrogens is 4. The van der Waals surface area contributed by atoms with Gasteiger partial charge in [0.15, 0.2) is 11.3 Å². The molecule has 21 heavy (non-hydrogen) atoms. The van der Waals surface area contributed by atoms with Gasteiger partial charge in [-0.05, 0) is 18.2 Å². The molecule has 0 aliphatic rings. The van der Waals surface area contributed by atoms with E-state index in [1.165, 1.54) is 4.57 Å². The van der Waals surface area contributed by atoms with Crippen molar-refractivity contribution < 1.29 is 4.79 Å². The Morgan fingerprint density at radius 2 is 2.14 bits per heavy atom. The molecule has 0 atom stereocenters. The molecule has 0 saturated carbocycles. The Balaban J connectivity index is 2.32. The lowest BCUT2D eigenvalue weighted by Gasteiger charge is -2.04. The number of imidazole rings is 1. The Bertz CT molecular complexity index is 869. The first-order valence-corrected chi connectivity index (χ1v) is 7.00. The number of benzene rings is 1. The third-order valence-electron chi connectivity index (χ3n) is 3.18. The minimum absolute atomic E-state index is 0.105. The van der Waals surface area contributed by atoms with Crippen LogP contribution in [-0.2, 0) is 6.42 Å². The highest BCUT2D eigenvalue weighted by Crippen LogP contribution is 2.21. The van der Waals surface area contributed by atoms with E-state index in [2.05, 4.69) is 21.5 Å². The Hall–Kier alpha value is -2.27. The minimum atomic E-state index is -0.105. The van der Waals surface area contributed by atoms with E-state index in [4.69, 9.17) is 11.6 Å². The molecule has 0 aliphatic heterocycles. The summed E-state index contributed by atoms with van der Waals surface area (Å²) in [5, 5.41) is 0.592. The molecule has 0 radical (unpaired) electrons. The number of halogens is 1. The number of allylic oxidation sites excluding steroid dienone is 1. The zero-order valence-electron chi connectivity index (χ0n) is 11.5. The van der Waals surface area contributed by atoms with Crippen molar-refractivity contribution in [3.05, 3.63) is 41.7 Å². The Morgan fingerprint density at radius 3 is 2.86 bits per heavy atom. The van der Waals surface area contributed by atoms with Crippen molar-refractivity contribution in [1.29, 1.82) is 0 Å². The molecule has 0 aliphatic carbocycles. The maximum atomic E-state index is 12.3. The molecular formula is C15H13ClN4O. The quantitative estimate of drug-likeness (QED) is 0.695. The van der Waals surface area contributed by atoms with Gasteiger partial charge in [0.25, 0.3) is 0 Å². The van der Waals surface area contributed by atoms with Crippen molar-refractivity contribution in [3.63, 3.8) is 0 Å². The Morgan fingerprint density at radius 1 is 1.33 bits per heavy atom. The van der Waals surface area contributed by atoms with Crippen molar-refractivity contribution in [2.45, 2.75) is 19.8 Å². The van der Waals surface area contributed by atoms with Gasteiger partial charge in [-0.15, -0.1) is 6.58 Å². The highest BCUT2D eigenvalue weighted by Gasteiger charge is 2.17. The fourth-order valence-corrected chi connectivity index (χ4v) is 2.41. The van der Waals surface area contributed by atoms with E-state index < -0.39 is 0 Å². The average Bonchev–Trinajstić information content (AvgIpc) is 2.82. The largest absolute Gasteiger partial charge is 0.274 e. The smallest absolute Gasteiger partial charge is 0.237 e. The summed E-state index contributed by atoms with van der Waals surface area (Å²) in [7, 11) is 0. The molecule has 0 amide bonds. The van der Waals surface area contributed by atoms with Crippen LogP contribution >= 0.6 is 11.6 Å². The maximum absolute atomic E-state index is 12.3. The fraction of sp³-hybridized carbons (Fsp3) is 0.200. The van der Waals surface area contributed by atoms with Gasteiger partial charge in [-0.1, -0.05) is 24.6 Å². The van der Waals surface area contributed by atoms with E-state index in [-0.39, 0.29) is 12.3 Å². The number of rotatable bonds is 3. The molecule has 3 rings (SSSR count). The second kappa shape index (κ2) is 5.26. The van der Waals surface area contributed by atoms with E-state index >= 15 is 0 Å². The number of hydrogen-bond donors (Lipinski definition) is 0. The summed E-state index contributed by atoms with van der Waals surface area (Å²) in [6.45, 7) is 5.54. The molecule has 2 aromatic heterocycles. The van der Waals surface area contributed by atoms with E-state index in [1.807, 2.05) is 6.92 Å². The third kappa shape index (κ3) is 2.29. The van der Waals surface area contributed by atoms with Crippen LogP contribution in [0.3, 0.4) is 0 Å². The summed E-state index contributed by atoms with van der Waals surface area (Å²) >= 11 is 5.97. The number of hydrogen-bond acceptors (Lipinski definition) is 4. The van der Waals surface area contributed by atoms with E-state index in [1.54, 1.807) is 24.3 Å². The Kier molecular flexibility index (Phi) is 3.43. The van der Waals surface area contributed by atoms with Crippen LogP contribution in [0.2, 0.25) is 5.02 Å². The topological polar surface area (TPSA) is 60.7 Å². The van der Waals surface area contributed by atoms with Crippen LogP contribution in [0.1, 0.15) is 24.0 Å². The average molecular weight is 301 g/mol. The van der Waals surface area contributed by atoms with Gasteiger partial charge in [-0.25, -0.2) is 19.5 Å². The number of carbonyl (C=O) groups excluding carboxylic acids is 1. The molecule has 0 bridgehead atoms. The number of fused-ring (bicyclic) bond motifs is 2. The molecule has 5 nitrogen and oxygen atoms in total. The van der Waals surface area contributed by atoms with Crippen molar-refractivity contribution in [3.8, 4) is 0 Å². The summed E-state index contributed by atoms with van der Waals surface area (Å²) in [5.74, 6) is 0.546. The van der Waals surface area contributed by atoms with Gasteiger partial charge in [-0.2, -0.15) is 0 Å². The summed E-state index contributed by atoms with van der Waals surface area (Å²) in [6, 6.07) is 5.27. The summed E-state index contributed by atoms with van der Waals surface area (Å²) < 4.78 is 1.53. The van der Waals surface area contributed by atoms with Crippen LogP contribution in [0.15, 0.2) is 30.9 Å². The lowest BCUT2D eigenvalue weighted by atomic mass is 10.3. The molecule has 0 spiro atoms. The van der Waals surface area contributed by atoms with Crippen molar-refractivity contribution in [1.82, 2.24) is 19.5 Å². The first-order chi connectivity index (χ1) is 10.1. The summed E-state index contributed by atoms with van der Waals surface area (Å²) in [5.41, 5.74) is 2.29. The zero-order chi connectivity index (χ0) is 15.0. The predicted octanol–water partition coefficient (Wildman–Crippen LogP) is 3.41. The molecule has 0 fully saturated rings. The van der Waals surface area contributed by atoms with Gasteiger partial charge in [0.05, 0.1) is 11.0 Å². The van der Waals surface area contributed by atoms with Crippen LogP contribution in [0.4, 0.5) is 0 Å². The van der Waals surface area contributed by atoms with Crippen LogP contribution < -0.4 is 0 Å². The van der Waals surface area contributed by atoms with Crippen molar-refractivity contribution in [2.24, 2.45) is 0 Å². The van der Waals surface area contributed by atoms with Crippen LogP contribution in [0.5, 0.6) is 0 Å². The second-order valence-corrected chi connectivity index (χ2v) is 5.04. The molecule has 0 unspecified atom stereocenters. The van der Waals surface area contributed by atoms with Gasteiger partial charge in [0.2, 0.25) is 5.91 Å². The fourth-order valence-electron chi connectivity index (χ4n) is 2.24. The van der Waals surface area contributed by atoms with Gasteiger partial charge in [0, 0.05) is 17.9 Å². The highest BCUT2D eigenvalue weighted by atomic mass is 35.5. The SMILES string of the molecule is C=CCC(=O)n1c(CC)nc2nc3cc(Cl)ccc3nc21. The number of aryl methyl sites for hydroxylation is 1. The predicted molar refractivity (Wildman–Crippen MR) is 82.7 cm³/mol. The van der Waals surface area contributed by atoms with E-state index in [0.717, 1.165) is 0 Å². The molecule has 6 heteroatoms. The van der Waals surface area contributed by atoms with Gasteiger partial charge in [-0.3, -0.25) is 4.79 Å². The van der Waals surface area contributed by atoms with Crippen LogP contribution in [0, 0.1) is 0 Å². The molecule has 106 valence electrons. The standard InChI is InChI=1S/C15H13ClN4O/c1-3-5-13(21)20-12(4-2)19-14-15(20)18-10-7-6-9(16)8-11(10)17-14/h3,6-8H,1,4-5H2,2H3. The molecular weight excluding hydrogens is 288 g/mol. The second-order valence-electron chi connectivity index (χ2n) is 4.61.